The van der Waals surface area contributed by atoms with Crippen LogP contribution in [0.15, 0.2) is 54.9 Å². The number of rotatable bonds is 8. The summed E-state index contributed by atoms with van der Waals surface area (Å²) in [5.74, 6) is 0.436. The van der Waals surface area contributed by atoms with Gasteiger partial charge in [0.2, 0.25) is 5.91 Å². The van der Waals surface area contributed by atoms with Gasteiger partial charge in [0.15, 0.2) is 11.6 Å². The average molecular weight is 505 g/mol. The van der Waals surface area contributed by atoms with Crippen LogP contribution in [0.3, 0.4) is 0 Å². The van der Waals surface area contributed by atoms with Crippen molar-refractivity contribution < 1.29 is 23.4 Å². The molecule has 1 aliphatic heterocycles. The molecule has 192 valence electrons. The number of nitrogens with one attached hydrogen (secondary N) is 1. The van der Waals surface area contributed by atoms with Crippen molar-refractivity contribution in [2.24, 2.45) is 11.7 Å². The van der Waals surface area contributed by atoms with Crippen molar-refractivity contribution in [3.63, 3.8) is 0 Å². The van der Waals surface area contributed by atoms with E-state index in [1.807, 2.05) is 35.8 Å². The van der Waals surface area contributed by atoms with Crippen molar-refractivity contribution in [1.82, 2.24) is 9.55 Å². The predicted molar refractivity (Wildman–Crippen MR) is 139 cm³/mol. The Kier molecular flexibility index (Phi) is 6.96. The van der Waals surface area contributed by atoms with Crippen LogP contribution in [0.25, 0.3) is 16.7 Å². The second-order valence-corrected chi connectivity index (χ2v) is 9.15. The Morgan fingerprint density at radius 2 is 1.97 bits per heavy atom. The molecule has 2 heterocycles. The molecular weight excluding hydrogens is 475 g/mol. The molecule has 0 atom stereocenters. The van der Waals surface area contributed by atoms with Crippen molar-refractivity contribution in [1.29, 1.82) is 0 Å². The topological polar surface area (TPSA) is 101 Å². The number of hydrogen-bond donors (Lipinski definition) is 2. The number of aromatic nitrogens is 2. The SMILES string of the molecule is COc1ccc(Oc2cc(NCC3CCOCC3)c3ncn(-c4ccc(C(N)=O)c(C)c4)c3c2)c(F)c1. The molecule has 8 nitrogen and oxygen atoms in total. The number of ether oxygens (including phenoxy) is 3. The summed E-state index contributed by atoms with van der Waals surface area (Å²) in [5, 5.41) is 3.53. The Morgan fingerprint density at radius 1 is 1.16 bits per heavy atom. The highest BCUT2D eigenvalue weighted by Crippen LogP contribution is 2.35. The van der Waals surface area contributed by atoms with Crippen LogP contribution in [0.2, 0.25) is 0 Å². The highest BCUT2D eigenvalue weighted by atomic mass is 19.1. The number of anilines is 1. The standard InChI is InChI=1S/C28H29FN4O4/c1-17-11-19(3-5-22(17)28(30)34)33-16-32-27-24(31-15-18-7-9-36-10-8-18)13-21(14-25(27)33)37-26-6-4-20(35-2)12-23(26)29/h3-6,11-14,16,18,31H,7-10,15H2,1-2H3,(H2,30,34). The third kappa shape index (κ3) is 5.22. The van der Waals surface area contributed by atoms with Gasteiger partial charge in [0, 0.05) is 49.2 Å². The Labute approximate surface area is 214 Å². The number of methoxy groups -OCH3 is 1. The predicted octanol–water partition coefficient (Wildman–Crippen LogP) is 5.21. The molecule has 0 unspecified atom stereocenters. The third-order valence-electron chi connectivity index (χ3n) is 6.67. The van der Waals surface area contributed by atoms with Crippen LogP contribution in [0, 0.1) is 18.7 Å². The molecule has 5 rings (SSSR count). The maximum absolute atomic E-state index is 14.7. The highest BCUT2D eigenvalue weighted by molar-refractivity contribution is 5.95. The molecule has 4 aromatic rings. The van der Waals surface area contributed by atoms with Crippen LogP contribution in [-0.4, -0.2) is 42.3 Å². The summed E-state index contributed by atoms with van der Waals surface area (Å²) in [6.45, 7) is 4.12. The molecule has 0 aliphatic carbocycles. The fourth-order valence-corrected chi connectivity index (χ4v) is 4.59. The molecule has 0 radical (unpaired) electrons. The zero-order valence-electron chi connectivity index (χ0n) is 20.8. The van der Waals surface area contributed by atoms with E-state index < -0.39 is 11.7 Å². The van der Waals surface area contributed by atoms with Crippen molar-refractivity contribution in [2.45, 2.75) is 19.8 Å². The quantitative estimate of drug-likeness (QED) is 0.342. The molecule has 3 aromatic carbocycles. The Bertz CT molecular complexity index is 1450. The normalized spacial score (nSPS) is 14.0. The molecule has 0 spiro atoms. The van der Waals surface area contributed by atoms with Gasteiger partial charge in [-0.2, -0.15) is 0 Å². The molecule has 3 N–H and O–H groups in total. The smallest absolute Gasteiger partial charge is 0.248 e. The average Bonchev–Trinajstić information content (AvgIpc) is 3.33. The van der Waals surface area contributed by atoms with Gasteiger partial charge in [0.05, 0.1) is 18.3 Å². The summed E-state index contributed by atoms with van der Waals surface area (Å²) in [7, 11) is 1.48. The van der Waals surface area contributed by atoms with E-state index in [0.29, 0.717) is 23.0 Å². The highest BCUT2D eigenvalue weighted by Gasteiger charge is 2.18. The van der Waals surface area contributed by atoms with Crippen LogP contribution in [0.5, 0.6) is 17.2 Å². The Morgan fingerprint density at radius 3 is 2.68 bits per heavy atom. The number of aryl methyl sites for hydroxylation is 1. The number of carbonyl (C=O) groups is 1. The maximum atomic E-state index is 14.7. The van der Waals surface area contributed by atoms with Gasteiger partial charge in [0.25, 0.3) is 0 Å². The first-order valence-corrected chi connectivity index (χ1v) is 12.2. The Balaban J connectivity index is 1.55. The summed E-state index contributed by atoms with van der Waals surface area (Å²) < 4.78 is 33.2. The zero-order chi connectivity index (χ0) is 25.9. The number of halogens is 1. The van der Waals surface area contributed by atoms with Crippen LogP contribution in [0.4, 0.5) is 10.1 Å². The second kappa shape index (κ2) is 10.5. The van der Waals surface area contributed by atoms with Crippen LogP contribution >= 0.6 is 0 Å². The van der Waals surface area contributed by atoms with Crippen molar-refractivity contribution >= 4 is 22.6 Å². The first-order valence-electron chi connectivity index (χ1n) is 12.2. The molecule has 1 aromatic heterocycles. The van der Waals surface area contributed by atoms with Gasteiger partial charge in [-0.3, -0.25) is 9.36 Å². The van der Waals surface area contributed by atoms with Gasteiger partial charge in [-0.05, 0) is 61.6 Å². The number of hydrogen-bond acceptors (Lipinski definition) is 6. The number of nitrogens with two attached hydrogens (primary N) is 1. The van der Waals surface area contributed by atoms with Crippen molar-refractivity contribution in [2.75, 3.05) is 32.2 Å². The summed E-state index contributed by atoms with van der Waals surface area (Å²) in [6.07, 6.45) is 3.70. The summed E-state index contributed by atoms with van der Waals surface area (Å²) in [4.78, 5) is 16.4. The van der Waals surface area contributed by atoms with E-state index in [1.165, 1.54) is 19.2 Å². The molecule has 1 fully saturated rings. The van der Waals surface area contributed by atoms with E-state index in [2.05, 4.69) is 10.3 Å². The minimum Gasteiger partial charge on any atom is -0.497 e. The lowest BCUT2D eigenvalue weighted by atomic mass is 10.0. The molecule has 1 aliphatic rings. The maximum Gasteiger partial charge on any atom is 0.248 e. The largest absolute Gasteiger partial charge is 0.497 e. The first-order chi connectivity index (χ1) is 17.9. The van der Waals surface area contributed by atoms with Crippen LogP contribution in [-0.2, 0) is 4.74 Å². The monoisotopic (exact) mass is 504 g/mol. The summed E-state index contributed by atoms with van der Waals surface area (Å²) in [5.41, 5.74) is 9.84. The zero-order valence-corrected chi connectivity index (χ0v) is 20.8. The van der Waals surface area contributed by atoms with E-state index in [0.717, 1.165) is 60.6 Å². The van der Waals surface area contributed by atoms with Gasteiger partial charge in [-0.1, -0.05) is 0 Å². The third-order valence-corrected chi connectivity index (χ3v) is 6.67. The minimum atomic E-state index is -0.526. The molecule has 1 amide bonds. The summed E-state index contributed by atoms with van der Waals surface area (Å²) in [6, 6.07) is 13.5. The minimum absolute atomic E-state index is 0.0863. The number of amides is 1. The van der Waals surface area contributed by atoms with Gasteiger partial charge in [-0.25, -0.2) is 9.37 Å². The van der Waals surface area contributed by atoms with Gasteiger partial charge in [0.1, 0.15) is 23.3 Å². The van der Waals surface area contributed by atoms with Crippen LogP contribution < -0.4 is 20.5 Å². The van der Waals surface area contributed by atoms with E-state index in [9.17, 15) is 9.18 Å². The molecular formula is C28H29FN4O4. The van der Waals surface area contributed by atoms with Crippen molar-refractivity contribution in [3.8, 4) is 22.9 Å². The number of benzene rings is 3. The van der Waals surface area contributed by atoms with E-state index in [1.54, 1.807) is 18.5 Å². The van der Waals surface area contributed by atoms with E-state index in [4.69, 9.17) is 19.9 Å². The lowest BCUT2D eigenvalue weighted by Crippen LogP contribution is -2.22. The van der Waals surface area contributed by atoms with Crippen LogP contribution in [0.1, 0.15) is 28.8 Å². The Hall–Kier alpha value is -4.11. The first kappa shape index (κ1) is 24.6. The van der Waals surface area contributed by atoms with Gasteiger partial charge in [-0.15, -0.1) is 0 Å². The lowest BCUT2D eigenvalue weighted by molar-refractivity contribution is 0.0699. The summed E-state index contributed by atoms with van der Waals surface area (Å²) >= 11 is 0. The van der Waals surface area contributed by atoms with Gasteiger partial charge < -0.3 is 25.3 Å². The molecule has 37 heavy (non-hydrogen) atoms. The molecule has 0 bridgehead atoms. The number of fused-ring (bicyclic) bond motifs is 1. The van der Waals surface area contributed by atoms with Crippen molar-refractivity contribution in [3.05, 3.63) is 71.8 Å². The van der Waals surface area contributed by atoms with E-state index in [-0.39, 0.29) is 5.75 Å². The lowest BCUT2D eigenvalue weighted by Gasteiger charge is -2.23. The molecule has 9 heteroatoms. The van der Waals surface area contributed by atoms with Gasteiger partial charge >= 0.3 is 0 Å². The second-order valence-electron chi connectivity index (χ2n) is 9.15. The number of nitrogens with zero attached hydrogens (tertiary/aromatic N) is 2. The number of primary amides is 1. The molecule has 0 saturated carbocycles. The fourth-order valence-electron chi connectivity index (χ4n) is 4.59. The van der Waals surface area contributed by atoms with E-state index >= 15 is 0 Å². The fraction of sp³-hybridized carbons (Fsp3) is 0.286. The number of carbonyl (C=O) groups excluding carboxylic acids is 1. The number of imidazole rings is 1. The molecule has 1 saturated heterocycles.